The highest BCUT2D eigenvalue weighted by Crippen LogP contribution is 2.25. The first-order valence-electron chi connectivity index (χ1n) is 8.54. The number of carbonyl (C=O) groups excluding carboxylic acids is 1. The molecule has 23 heavy (non-hydrogen) atoms. The number of hydrogen-bond donors (Lipinski definition) is 1. The molecule has 1 saturated heterocycles. The number of hydrogen-bond acceptors (Lipinski definition) is 4. The van der Waals surface area contributed by atoms with Gasteiger partial charge in [-0.3, -0.25) is 4.90 Å². The molecule has 3 rings (SSSR count). The van der Waals surface area contributed by atoms with E-state index in [2.05, 4.69) is 10.2 Å². The first-order chi connectivity index (χ1) is 11.1. The van der Waals surface area contributed by atoms with E-state index in [4.69, 9.17) is 9.15 Å². The summed E-state index contributed by atoms with van der Waals surface area (Å²) >= 11 is 0. The lowest BCUT2D eigenvalue weighted by molar-refractivity contribution is 0.0118. The van der Waals surface area contributed by atoms with Gasteiger partial charge in [0.05, 0.1) is 19.3 Å². The van der Waals surface area contributed by atoms with Crippen LogP contribution in [0, 0.1) is 6.92 Å². The Hall–Kier alpha value is -1.53. The minimum atomic E-state index is 0.0104. The van der Waals surface area contributed by atoms with Gasteiger partial charge in [-0.25, -0.2) is 4.79 Å². The SMILES string of the molecule is Cc1ccc([C@@H](CNC(=O)N(C)C2CCC2)N2CCOCC2)o1. The Bertz CT molecular complexity index is 521. The third-order valence-electron chi connectivity index (χ3n) is 4.97. The lowest BCUT2D eigenvalue weighted by Gasteiger charge is -2.36. The number of carbonyl (C=O) groups is 1. The maximum Gasteiger partial charge on any atom is 0.317 e. The van der Waals surface area contributed by atoms with Gasteiger partial charge >= 0.3 is 6.03 Å². The van der Waals surface area contributed by atoms with Crippen LogP contribution in [0.3, 0.4) is 0 Å². The molecule has 1 saturated carbocycles. The smallest absolute Gasteiger partial charge is 0.317 e. The molecule has 0 bridgehead atoms. The van der Waals surface area contributed by atoms with Crippen LogP contribution in [0.5, 0.6) is 0 Å². The molecule has 6 nitrogen and oxygen atoms in total. The molecular formula is C17H27N3O3. The fraction of sp³-hybridized carbons (Fsp3) is 0.706. The third-order valence-corrected chi connectivity index (χ3v) is 4.97. The number of urea groups is 1. The van der Waals surface area contributed by atoms with E-state index < -0.39 is 0 Å². The summed E-state index contributed by atoms with van der Waals surface area (Å²) in [5.41, 5.74) is 0. The van der Waals surface area contributed by atoms with Crippen molar-refractivity contribution in [1.82, 2.24) is 15.1 Å². The second-order valence-corrected chi connectivity index (χ2v) is 6.49. The van der Waals surface area contributed by atoms with Crippen molar-refractivity contribution in [3.05, 3.63) is 23.7 Å². The van der Waals surface area contributed by atoms with E-state index in [0.717, 1.165) is 50.7 Å². The quantitative estimate of drug-likeness (QED) is 0.903. The van der Waals surface area contributed by atoms with E-state index in [1.54, 1.807) is 0 Å². The fourth-order valence-electron chi connectivity index (χ4n) is 3.18. The van der Waals surface area contributed by atoms with Gasteiger partial charge in [-0.2, -0.15) is 0 Å². The molecule has 1 N–H and O–H groups in total. The molecule has 0 spiro atoms. The molecular weight excluding hydrogens is 294 g/mol. The minimum absolute atomic E-state index is 0.0104. The summed E-state index contributed by atoms with van der Waals surface area (Å²) in [5, 5.41) is 3.08. The van der Waals surface area contributed by atoms with Gasteiger partial charge in [-0.05, 0) is 38.3 Å². The molecule has 2 heterocycles. The monoisotopic (exact) mass is 321 g/mol. The Morgan fingerprint density at radius 3 is 2.70 bits per heavy atom. The fourth-order valence-corrected chi connectivity index (χ4v) is 3.18. The van der Waals surface area contributed by atoms with Gasteiger partial charge < -0.3 is 19.4 Å². The van der Waals surface area contributed by atoms with Crippen LogP contribution in [0.2, 0.25) is 0 Å². The lowest BCUT2D eigenvalue weighted by atomic mass is 9.92. The zero-order valence-electron chi connectivity index (χ0n) is 14.1. The van der Waals surface area contributed by atoms with Gasteiger partial charge in [0.25, 0.3) is 0 Å². The van der Waals surface area contributed by atoms with Crippen molar-refractivity contribution >= 4 is 6.03 Å². The average Bonchev–Trinajstić information content (AvgIpc) is 2.93. The summed E-state index contributed by atoms with van der Waals surface area (Å²) in [5.74, 6) is 1.81. The summed E-state index contributed by atoms with van der Waals surface area (Å²) < 4.78 is 11.3. The molecule has 1 atom stereocenters. The van der Waals surface area contributed by atoms with E-state index >= 15 is 0 Å². The predicted octanol–water partition coefficient (Wildman–Crippen LogP) is 2.16. The van der Waals surface area contributed by atoms with Gasteiger partial charge in [0.15, 0.2) is 0 Å². The average molecular weight is 321 g/mol. The van der Waals surface area contributed by atoms with Crippen LogP contribution in [0.4, 0.5) is 4.79 Å². The number of ether oxygens (including phenoxy) is 1. The summed E-state index contributed by atoms with van der Waals surface area (Å²) in [6.07, 6.45) is 3.47. The van der Waals surface area contributed by atoms with E-state index in [0.29, 0.717) is 12.6 Å². The van der Waals surface area contributed by atoms with Crippen LogP contribution in [-0.4, -0.2) is 61.8 Å². The maximum absolute atomic E-state index is 12.3. The number of nitrogens with one attached hydrogen (secondary N) is 1. The Morgan fingerprint density at radius 2 is 2.13 bits per heavy atom. The topological polar surface area (TPSA) is 58.0 Å². The van der Waals surface area contributed by atoms with Crippen LogP contribution in [-0.2, 0) is 4.74 Å². The number of furan rings is 1. The third kappa shape index (κ3) is 3.87. The maximum atomic E-state index is 12.3. The number of morpholine rings is 1. The second-order valence-electron chi connectivity index (χ2n) is 6.49. The molecule has 0 aromatic carbocycles. The largest absolute Gasteiger partial charge is 0.465 e. The van der Waals surface area contributed by atoms with E-state index in [1.807, 2.05) is 31.0 Å². The van der Waals surface area contributed by atoms with E-state index in [-0.39, 0.29) is 12.1 Å². The first-order valence-corrected chi connectivity index (χ1v) is 8.54. The number of aryl methyl sites for hydroxylation is 1. The van der Waals surface area contributed by atoms with Gasteiger partial charge in [-0.1, -0.05) is 0 Å². The summed E-state index contributed by atoms with van der Waals surface area (Å²) in [4.78, 5) is 16.5. The van der Waals surface area contributed by atoms with Gasteiger partial charge in [0.1, 0.15) is 11.5 Å². The second kappa shape index (κ2) is 7.36. The molecule has 2 fully saturated rings. The van der Waals surface area contributed by atoms with Crippen molar-refractivity contribution in [3.8, 4) is 0 Å². The molecule has 1 aromatic heterocycles. The number of rotatable bonds is 5. The predicted molar refractivity (Wildman–Crippen MR) is 87.4 cm³/mol. The number of nitrogens with zero attached hydrogens (tertiary/aromatic N) is 2. The highest BCUT2D eigenvalue weighted by molar-refractivity contribution is 5.74. The molecule has 2 amide bonds. The van der Waals surface area contributed by atoms with E-state index in [1.165, 1.54) is 6.42 Å². The highest BCUT2D eigenvalue weighted by Gasteiger charge is 2.28. The molecule has 2 aliphatic rings. The summed E-state index contributed by atoms with van der Waals surface area (Å²) in [6.45, 7) is 5.68. The zero-order chi connectivity index (χ0) is 16.2. The van der Waals surface area contributed by atoms with Gasteiger partial charge in [0, 0.05) is 32.7 Å². The molecule has 1 aliphatic heterocycles. The van der Waals surface area contributed by atoms with Crippen LogP contribution >= 0.6 is 0 Å². The van der Waals surface area contributed by atoms with Crippen molar-refractivity contribution in [2.45, 2.75) is 38.3 Å². The molecule has 0 unspecified atom stereocenters. The lowest BCUT2D eigenvalue weighted by Crippen LogP contribution is -2.49. The van der Waals surface area contributed by atoms with Crippen molar-refractivity contribution in [3.63, 3.8) is 0 Å². The molecule has 128 valence electrons. The normalized spacial score (nSPS) is 20.8. The Kier molecular flexibility index (Phi) is 5.23. The molecule has 1 aromatic rings. The Morgan fingerprint density at radius 1 is 1.39 bits per heavy atom. The van der Waals surface area contributed by atoms with Crippen molar-refractivity contribution in [1.29, 1.82) is 0 Å². The van der Waals surface area contributed by atoms with Gasteiger partial charge in [-0.15, -0.1) is 0 Å². The van der Waals surface area contributed by atoms with E-state index in [9.17, 15) is 4.79 Å². The van der Waals surface area contributed by atoms with Crippen molar-refractivity contribution < 1.29 is 13.9 Å². The summed E-state index contributed by atoms with van der Waals surface area (Å²) in [7, 11) is 1.89. The minimum Gasteiger partial charge on any atom is -0.465 e. The summed E-state index contributed by atoms with van der Waals surface area (Å²) in [6, 6.07) is 4.47. The highest BCUT2D eigenvalue weighted by atomic mass is 16.5. The van der Waals surface area contributed by atoms with Gasteiger partial charge in [0.2, 0.25) is 0 Å². The first kappa shape index (κ1) is 16.3. The standard InChI is InChI=1S/C17H27N3O3/c1-13-6-7-16(23-13)15(20-8-10-22-11-9-20)12-18-17(21)19(2)14-4-3-5-14/h6-7,14-15H,3-5,8-12H2,1-2H3,(H,18,21)/t15-/m1/s1. The Labute approximate surface area is 137 Å². The molecule has 0 radical (unpaired) electrons. The van der Waals surface area contributed by atoms with Crippen LogP contribution in [0.1, 0.15) is 36.8 Å². The zero-order valence-corrected chi connectivity index (χ0v) is 14.1. The van der Waals surface area contributed by atoms with Crippen LogP contribution < -0.4 is 5.32 Å². The van der Waals surface area contributed by atoms with Crippen molar-refractivity contribution in [2.24, 2.45) is 0 Å². The molecule has 1 aliphatic carbocycles. The van der Waals surface area contributed by atoms with Crippen molar-refractivity contribution in [2.75, 3.05) is 39.9 Å². The van der Waals surface area contributed by atoms with Crippen LogP contribution in [0.25, 0.3) is 0 Å². The Balaban J connectivity index is 1.62. The van der Waals surface area contributed by atoms with Crippen LogP contribution in [0.15, 0.2) is 16.5 Å². The molecule has 6 heteroatoms. The number of amides is 2.